The number of ketones is 1. The summed E-state index contributed by atoms with van der Waals surface area (Å²) in [5.41, 5.74) is 6.16. The number of carbonyl (C=O) groups excluding carboxylic acids is 1. The topological polar surface area (TPSA) is 56.0 Å². The van der Waals surface area contributed by atoms with Crippen LogP contribution in [0.5, 0.6) is 0 Å². The summed E-state index contributed by atoms with van der Waals surface area (Å²) < 4.78 is 0. The first-order valence-electron chi connectivity index (χ1n) is 3.55. The van der Waals surface area contributed by atoms with E-state index in [4.69, 9.17) is 5.73 Å². The smallest absolute Gasteiger partial charge is 0.180 e. The molecule has 2 N–H and O–H groups in total. The maximum atomic E-state index is 11.1. The van der Waals surface area contributed by atoms with Gasteiger partial charge < -0.3 is 5.73 Å². The number of hydrogen-bond acceptors (Lipinski definition) is 4. The number of anilines is 1. The van der Waals surface area contributed by atoms with E-state index in [1.807, 2.05) is 0 Å². The molecule has 0 radical (unpaired) electrons. The highest BCUT2D eigenvalue weighted by atomic mass is 32.1. The van der Waals surface area contributed by atoms with E-state index in [9.17, 15) is 4.79 Å². The van der Waals surface area contributed by atoms with E-state index in [2.05, 4.69) is 11.6 Å². The molecule has 1 rings (SSSR count). The van der Waals surface area contributed by atoms with Crippen LogP contribution in [-0.4, -0.2) is 10.8 Å². The van der Waals surface area contributed by atoms with Crippen molar-refractivity contribution in [1.29, 1.82) is 0 Å². The highest BCUT2D eigenvalue weighted by Crippen LogP contribution is 2.11. The molecule has 0 atom stereocenters. The van der Waals surface area contributed by atoms with Gasteiger partial charge in [-0.15, -0.1) is 17.9 Å². The Morgan fingerprint density at radius 1 is 1.83 bits per heavy atom. The first-order chi connectivity index (χ1) is 5.72. The van der Waals surface area contributed by atoms with Gasteiger partial charge in [0.2, 0.25) is 0 Å². The number of allylic oxidation sites excluding steroid dienone is 1. The molecule has 0 fully saturated rings. The summed E-state index contributed by atoms with van der Waals surface area (Å²) >= 11 is 1.35. The normalized spacial score (nSPS) is 9.67. The Morgan fingerprint density at radius 2 is 2.58 bits per heavy atom. The van der Waals surface area contributed by atoms with Crippen molar-refractivity contribution >= 4 is 22.3 Å². The molecule has 1 aromatic heterocycles. The molecule has 0 amide bonds. The minimum atomic E-state index is 0.121. The SMILES string of the molecule is C=CCC(=O)Cc1csc(N)n1. The lowest BCUT2D eigenvalue weighted by molar-refractivity contribution is -0.117. The fraction of sp³-hybridized carbons (Fsp3) is 0.250. The molecule has 0 spiro atoms. The van der Waals surface area contributed by atoms with E-state index < -0.39 is 0 Å². The molecule has 0 aliphatic heterocycles. The zero-order valence-electron chi connectivity index (χ0n) is 6.62. The van der Waals surface area contributed by atoms with E-state index in [1.54, 1.807) is 11.5 Å². The molecular weight excluding hydrogens is 172 g/mol. The van der Waals surface area contributed by atoms with Crippen molar-refractivity contribution in [2.75, 3.05) is 5.73 Å². The number of nitrogen functional groups attached to an aromatic ring is 1. The monoisotopic (exact) mass is 182 g/mol. The summed E-state index contributed by atoms with van der Waals surface area (Å²) in [6, 6.07) is 0. The third kappa shape index (κ3) is 2.47. The summed E-state index contributed by atoms with van der Waals surface area (Å²) in [6.45, 7) is 3.48. The van der Waals surface area contributed by atoms with E-state index in [0.29, 0.717) is 18.0 Å². The second-order valence-electron chi connectivity index (χ2n) is 2.39. The van der Waals surface area contributed by atoms with E-state index in [0.717, 1.165) is 5.69 Å². The lowest BCUT2D eigenvalue weighted by atomic mass is 10.2. The summed E-state index contributed by atoms with van der Waals surface area (Å²) in [4.78, 5) is 15.0. The summed E-state index contributed by atoms with van der Waals surface area (Å²) in [5, 5.41) is 2.31. The highest BCUT2D eigenvalue weighted by Gasteiger charge is 2.04. The number of nitrogens with two attached hydrogens (primary N) is 1. The largest absolute Gasteiger partial charge is 0.375 e. The van der Waals surface area contributed by atoms with Crippen molar-refractivity contribution in [2.24, 2.45) is 0 Å². The number of carbonyl (C=O) groups is 1. The van der Waals surface area contributed by atoms with Gasteiger partial charge in [-0.05, 0) is 0 Å². The Balaban J connectivity index is 2.52. The van der Waals surface area contributed by atoms with Gasteiger partial charge in [-0.25, -0.2) is 4.98 Å². The third-order valence-electron chi connectivity index (χ3n) is 1.32. The molecule has 0 aliphatic carbocycles. The van der Waals surface area contributed by atoms with Gasteiger partial charge >= 0.3 is 0 Å². The molecule has 0 bridgehead atoms. The van der Waals surface area contributed by atoms with Crippen LogP contribution in [-0.2, 0) is 11.2 Å². The first-order valence-corrected chi connectivity index (χ1v) is 4.43. The van der Waals surface area contributed by atoms with Gasteiger partial charge in [0.05, 0.1) is 5.69 Å². The lowest BCUT2D eigenvalue weighted by Crippen LogP contribution is -2.01. The van der Waals surface area contributed by atoms with Gasteiger partial charge in [-0.1, -0.05) is 6.08 Å². The van der Waals surface area contributed by atoms with Gasteiger partial charge in [-0.2, -0.15) is 0 Å². The average Bonchev–Trinajstić information content (AvgIpc) is 2.36. The molecule has 0 saturated carbocycles. The van der Waals surface area contributed by atoms with Crippen molar-refractivity contribution < 1.29 is 4.79 Å². The number of nitrogens with zero attached hydrogens (tertiary/aromatic N) is 1. The molecular formula is C8H10N2OS. The molecule has 12 heavy (non-hydrogen) atoms. The average molecular weight is 182 g/mol. The van der Waals surface area contributed by atoms with Gasteiger partial charge in [0.25, 0.3) is 0 Å². The number of hydrogen-bond donors (Lipinski definition) is 1. The van der Waals surface area contributed by atoms with Gasteiger partial charge in [0.1, 0.15) is 5.78 Å². The van der Waals surface area contributed by atoms with Crippen LogP contribution in [0, 0.1) is 0 Å². The standard InChI is InChI=1S/C8H10N2OS/c1-2-3-7(11)4-6-5-12-8(9)10-6/h2,5H,1,3-4H2,(H2,9,10). The van der Waals surface area contributed by atoms with Crippen LogP contribution in [0.4, 0.5) is 5.13 Å². The van der Waals surface area contributed by atoms with Crippen LogP contribution < -0.4 is 5.73 Å². The molecule has 4 heteroatoms. The molecule has 0 aliphatic rings. The summed E-state index contributed by atoms with van der Waals surface area (Å²) in [6.07, 6.45) is 2.36. The van der Waals surface area contributed by atoms with Crippen LogP contribution in [0.2, 0.25) is 0 Å². The molecule has 1 heterocycles. The summed E-state index contributed by atoms with van der Waals surface area (Å²) in [7, 11) is 0. The lowest BCUT2D eigenvalue weighted by Gasteiger charge is -1.91. The molecule has 0 unspecified atom stereocenters. The predicted molar refractivity (Wildman–Crippen MR) is 50.1 cm³/mol. The minimum absolute atomic E-state index is 0.121. The van der Waals surface area contributed by atoms with Gasteiger partial charge in [0.15, 0.2) is 5.13 Å². The Kier molecular flexibility index (Phi) is 2.99. The third-order valence-corrected chi connectivity index (χ3v) is 2.04. The molecule has 1 aromatic rings. The molecule has 0 aromatic carbocycles. The van der Waals surface area contributed by atoms with Crippen LogP contribution in [0.15, 0.2) is 18.0 Å². The second-order valence-corrected chi connectivity index (χ2v) is 3.28. The fourth-order valence-electron chi connectivity index (χ4n) is 0.839. The van der Waals surface area contributed by atoms with Crippen molar-refractivity contribution in [1.82, 2.24) is 4.98 Å². The quantitative estimate of drug-likeness (QED) is 0.716. The van der Waals surface area contributed by atoms with Crippen LogP contribution >= 0.6 is 11.3 Å². The van der Waals surface area contributed by atoms with Crippen molar-refractivity contribution in [2.45, 2.75) is 12.8 Å². The van der Waals surface area contributed by atoms with Crippen LogP contribution in [0.3, 0.4) is 0 Å². The Bertz CT molecular complexity index is 293. The fourth-order valence-corrected chi connectivity index (χ4v) is 1.40. The zero-order valence-corrected chi connectivity index (χ0v) is 7.43. The van der Waals surface area contributed by atoms with Gasteiger partial charge in [-0.3, -0.25) is 4.79 Å². The van der Waals surface area contributed by atoms with Crippen molar-refractivity contribution in [3.05, 3.63) is 23.7 Å². The Labute approximate surface area is 74.9 Å². The predicted octanol–water partition coefficient (Wildman–Crippen LogP) is 1.41. The number of Topliss-reactive ketones (excluding diaryl/α,β-unsaturated/α-hetero) is 1. The van der Waals surface area contributed by atoms with Crippen molar-refractivity contribution in [3.8, 4) is 0 Å². The Hall–Kier alpha value is -1.16. The first kappa shape index (κ1) is 8.93. The number of thiazole rings is 1. The van der Waals surface area contributed by atoms with Gasteiger partial charge in [0, 0.05) is 18.2 Å². The maximum absolute atomic E-state index is 11.1. The highest BCUT2D eigenvalue weighted by molar-refractivity contribution is 7.13. The van der Waals surface area contributed by atoms with Crippen LogP contribution in [0.1, 0.15) is 12.1 Å². The number of aromatic nitrogens is 1. The number of rotatable bonds is 4. The summed E-state index contributed by atoms with van der Waals surface area (Å²) in [5.74, 6) is 0.121. The van der Waals surface area contributed by atoms with Crippen LogP contribution in [0.25, 0.3) is 0 Å². The minimum Gasteiger partial charge on any atom is -0.375 e. The Morgan fingerprint density at radius 3 is 3.08 bits per heavy atom. The second kappa shape index (κ2) is 4.01. The van der Waals surface area contributed by atoms with E-state index in [1.165, 1.54) is 11.3 Å². The molecule has 0 saturated heterocycles. The van der Waals surface area contributed by atoms with E-state index in [-0.39, 0.29) is 5.78 Å². The van der Waals surface area contributed by atoms with Crippen molar-refractivity contribution in [3.63, 3.8) is 0 Å². The van der Waals surface area contributed by atoms with E-state index >= 15 is 0 Å². The maximum Gasteiger partial charge on any atom is 0.180 e. The molecule has 3 nitrogen and oxygen atoms in total. The molecule has 64 valence electrons. The zero-order chi connectivity index (χ0) is 8.97.